The molecule has 1 amide bonds. The van der Waals surface area contributed by atoms with Crippen LogP contribution in [0.15, 0.2) is 30.3 Å². The molecule has 1 aromatic rings. The van der Waals surface area contributed by atoms with Gasteiger partial charge in [0.2, 0.25) is 0 Å². The molecular formula is C17H25NO5. The van der Waals surface area contributed by atoms with Crippen molar-refractivity contribution < 1.29 is 24.2 Å². The van der Waals surface area contributed by atoms with E-state index in [4.69, 9.17) is 9.47 Å². The Labute approximate surface area is 136 Å². The van der Waals surface area contributed by atoms with Crippen LogP contribution in [-0.2, 0) is 25.7 Å². The first-order valence-corrected chi connectivity index (χ1v) is 7.57. The van der Waals surface area contributed by atoms with Crippen LogP contribution in [0, 0.1) is 0 Å². The molecule has 0 spiro atoms. The van der Waals surface area contributed by atoms with Gasteiger partial charge in [-0.3, -0.25) is 4.79 Å². The number of nitrogens with one attached hydrogen (secondary N) is 1. The number of aliphatic hydroxyl groups is 1. The third-order valence-corrected chi connectivity index (χ3v) is 3.03. The van der Waals surface area contributed by atoms with Crippen LogP contribution in [0.25, 0.3) is 0 Å². The number of ether oxygens (including phenoxy) is 2. The first-order chi connectivity index (χ1) is 10.7. The zero-order valence-electron chi connectivity index (χ0n) is 14.0. The lowest BCUT2D eigenvalue weighted by Crippen LogP contribution is -2.48. The minimum atomic E-state index is -1.42. The number of carbonyl (C=O) groups excluding carboxylic acids is 2. The molecule has 0 unspecified atom stereocenters. The van der Waals surface area contributed by atoms with E-state index in [2.05, 4.69) is 5.32 Å². The molecule has 23 heavy (non-hydrogen) atoms. The SMILES string of the molecule is CC(C)OC(C)(C)C(=O)NC[C@@H](O)C(=O)OCc1ccccc1. The van der Waals surface area contributed by atoms with Gasteiger partial charge >= 0.3 is 5.97 Å². The Bertz CT molecular complexity index is 513. The summed E-state index contributed by atoms with van der Waals surface area (Å²) in [4.78, 5) is 23.7. The number of rotatable bonds is 8. The predicted molar refractivity (Wildman–Crippen MR) is 85.6 cm³/mol. The molecule has 0 saturated carbocycles. The fourth-order valence-electron chi connectivity index (χ4n) is 1.95. The second kappa shape index (κ2) is 8.64. The first-order valence-electron chi connectivity index (χ1n) is 7.57. The molecule has 0 heterocycles. The number of amides is 1. The van der Waals surface area contributed by atoms with Crippen LogP contribution in [0.4, 0.5) is 0 Å². The molecule has 0 aliphatic rings. The van der Waals surface area contributed by atoms with Crippen molar-refractivity contribution in [3.8, 4) is 0 Å². The van der Waals surface area contributed by atoms with Crippen molar-refractivity contribution in [2.45, 2.75) is 52.1 Å². The van der Waals surface area contributed by atoms with Gasteiger partial charge < -0.3 is 19.9 Å². The van der Waals surface area contributed by atoms with Crippen molar-refractivity contribution in [3.05, 3.63) is 35.9 Å². The standard InChI is InChI=1S/C17H25NO5/c1-12(2)23-17(3,4)16(21)18-10-14(19)15(20)22-11-13-8-6-5-7-9-13/h5-9,12,14,19H,10-11H2,1-4H3,(H,18,21)/t14-/m1/s1. The monoisotopic (exact) mass is 323 g/mol. The number of hydrogen-bond donors (Lipinski definition) is 2. The molecule has 6 nitrogen and oxygen atoms in total. The van der Waals surface area contributed by atoms with Crippen molar-refractivity contribution in [3.63, 3.8) is 0 Å². The second-order valence-electron chi connectivity index (χ2n) is 6.00. The third-order valence-electron chi connectivity index (χ3n) is 3.03. The van der Waals surface area contributed by atoms with E-state index >= 15 is 0 Å². The summed E-state index contributed by atoms with van der Waals surface area (Å²) in [6.07, 6.45) is -1.53. The molecule has 6 heteroatoms. The fraction of sp³-hybridized carbons (Fsp3) is 0.529. The van der Waals surface area contributed by atoms with Gasteiger partial charge in [-0.15, -0.1) is 0 Å². The van der Waals surface area contributed by atoms with Crippen LogP contribution in [-0.4, -0.2) is 41.3 Å². The summed E-state index contributed by atoms with van der Waals surface area (Å²) in [5.41, 5.74) is -0.217. The second-order valence-corrected chi connectivity index (χ2v) is 6.00. The Morgan fingerprint density at radius 2 is 1.83 bits per heavy atom. The fourth-order valence-corrected chi connectivity index (χ4v) is 1.95. The van der Waals surface area contributed by atoms with Crippen molar-refractivity contribution in [2.75, 3.05) is 6.54 Å². The molecule has 0 saturated heterocycles. The van der Waals surface area contributed by atoms with Gasteiger partial charge in [-0.25, -0.2) is 4.79 Å². The molecule has 1 rings (SSSR count). The van der Waals surface area contributed by atoms with Crippen molar-refractivity contribution in [2.24, 2.45) is 0 Å². The van der Waals surface area contributed by atoms with Crippen molar-refractivity contribution >= 4 is 11.9 Å². The minimum absolute atomic E-state index is 0.0760. The van der Waals surface area contributed by atoms with Gasteiger partial charge in [0, 0.05) is 0 Å². The molecule has 1 aromatic carbocycles. The number of carbonyl (C=O) groups is 2. The molecule has 0 aliphatic carbocycles. The van der Waals surface area contributed by atoms with E-state index in [1.54, 1.807) is 13.8 Å². The summed E-state index contributed by atoms with van der Waals surface area (Å²) in [5.74, 6) is -1.18. The first kappa shape index (κ1) is 19.1. The normalized spacial score (nSPS) is 12.8. The molecule has 0 bridgehead atoms. The third kappa shape index (κ3) is 6.80. The maximum atomic E-state index is 12.0. The van der Waals surface area contributed by atoms with E-state index in [1.807, 2.05) is 44.2 Å². The largest absolute Gasteiger partial charge is 0.459 e. The summed E-state index contributed by atoms with van der Waals surface area (Å²) in [6.45, 7) is 6.75. The Morgan fingerprint density at radius 3 is 2.39 bits per heavy atom. The molecule has 1 atom stereocenters. The van der Waals surface area contributed by atoms with E-state index in [-0.39, 0.29) is 19.3 Å². The lowest BCUT2D eigenvalue weighted by atomic mass is 10.1. The zero-order valence-corrected chi connectivity index (χ0v) is 14.0. The van der Waals surface area contributed by atoms with Gasteiger partial charge in [0.1, 0.15) is 12.2 Å². The highest BCUT2D eigenvalue weighted by Crippen LogP contribution is 2.12. The smallest absolute Gasteiger partial charge is 0.337 e. The van der Waals surface area contributed by atoms with E-state index in [9.17, 15) is 14.7 Å². The van der Waals surface area contributed by atoms with Gasteiger partial charge in [-0.05, 0) is 33.3 Å². The summed E-state index contributed by atoms with van der Waals surface area (Å²) in [7, 11) is 0. The van der Waals surface area contributed by atoms with E-state index in [1.165, 1.54) is 0 Å². The molecule has 0 aromatic heterocycles. The lowest BCUT2D eigenvalue weighted by molar-refractivity contribution is -0.156. The molecule has 2 N–H and O–H groups in total. The maximum Gasteiger partial charge on any atom is 0.337 e. The Kier molecular flexibility index (Phi) is 7.19. The average molecular weight is 323 g/mol. The predicted octanol–water partition coefficient (Wildman–Crippen LogP) is 1.41. The van der Waals surface area contributed by atoms with Gasteiger partial charge in [-0.1, -0.05) is 30.3 Å². The van der Waals surface area contributed by atoms with Crippen molar-refractivity contribution in [1.82, 2.24) is 5.32 Å². The maximum absolute atomic E-state index is 12.0. The summed E-state index contributed by atoms with van der Waals surface area (Å²) in [5, 5.41) is 12.3. The Balaban J connectivity index is 2.39. The van der Waals surface area contributed by atoms with Crippen LogP contribution < -0.4 is 5.32 Å². The van der Waals surface area contributed by atoms with Gasteiger partial charge in [0.05, 0.1) is 12.6 Å². The highest BCUT2D eigenvalue weighted by molar-refractivity contribution is 5.85. The molecular weight excluding hydrogens is 298 g/mol. The van der Waals surface area contributed by atoms with Gasteiger partial charge in [-0.2, -0.15) is 0 Å². The molecule has 0 aliphatic heterocycles. The summed E-state index contributed by atoms with van der Waals surface area (Å²) < 4.78 is 10.5. The average Bonchev–Trinajstić information content (AvgIpc) is 2.49. The van der Waals surface area contributed by atoms with Gasteiger partial charge in [0.25, 0.3) is 5.91 Å². The topological polar surface area (TPSA) is 84.9 Å². The molecule has 0 radical (unpaired) electrons. The van der Waals surface area contributed by atoms with Crippen LogP contribution in [0.1, 0.15) is 33.3 Å². The Hall–Kier alpha value is -1.92. The summed E-state index contributed by atoms with van der Waals surface area (Å²) >= 11 is 0. The zero-order chi connectivity index (χ0) is 17.5. The van der Waals surface area contributed by atoms with Crippen LogP contribution in [0.2, 0.25) is 0 Å². The van der Waals surface area contributed by atoms with Gasteiger partial charge in [0.15, 0.2) is 6.10 Å². The van der Waals surface area contributed by atoms with E-state index in [0.717, 1.165) is 5.56 Å². The highest BCUT2D eigenvalue weighted by atomic mass is 16.5. The van der Waals surface area contributed by atoms with E-state index in [0.29, 0.717) is 0 Å². The number of benzene rings is 1. The van der Waals surface area contributed by atoms with Crippen LogP contribution in [0.3, 0.4) is 0 Å². The number of esters is 1. The quantitative estimate of drug-likeness (QED) is 0.707. The number of hydrogen-bond acceptors (Lipinski definition) is 5. The summed E-state index contributed by atoms with van der Waals surface area (Å²) in [6, 6.07) is 9.14. The van der Waals surface area contributed by atoms with E-state index < -0.39 is 23.6 Å². The van der Waals surface area contributed by atoms with Crippen LogP contribution in [0.5, 0.6) is 0 Å². The molecule has 0 fully saturated rings. The number of aliphatic hydroxyl groups excluding tert-OH is 1. The highest BCUT2D eigenvalue weighted by Gasteiger charge is 2.30. The Morgan fingerprint density at radius 1 is 1.22 bits per heavy atom. The molecule has 128 valence electrons. The lowest BCUT2D eigenvalue weighted by Gasteiger charge is -2.26. The minimum Gasteiger partial charge on any atom is -0.459 e. The van der Waals surface area contributed by atoms with Crippen LogP contribution >= 0.6 is 0 Å². The van der Waals surface area contributed by atoms with Crippen molar-refractivity contribution in [1.29, 1.82) is 0 Å².